The minimum Gasteiger partial charge on any atom is -0.319 e. The van der Waals surface area contributed by atoms with E-state index in [0.29, 0.717) is 0 Å². The highest BCUT2D eigenvalue weighted by Gasteiger charge is 2.02. The summed E-state index contributed by atoms with van der Waals surface area (Å²) in [5.41, 5.74) is 5.10. The third-order valence-corrected chi connectivity index (χ3v) is 3.27. The largest absolute Gasteiger partial charge is 0.319 e. The van der Waals surface area contributed by atoms with Crippen molar-refractivity contribution in [2.75, 3.05) is 0 Å². The molecular formula is C13H14BrN. The van der Waals surface area contributed by atoms with Crippen LogP contribution in [0.3, 0.4) is 0 Å². The lowest BCUT2D eigenvalue weighted by molar-refractivity contribution is 0.965. The molecular weight excluding hydrogens is 250 g/mol. The number of aromatic nitrogens is 1. The van der Waals surface area contributed by atoms with Crippen molar-refractivity contribution >= 4 is 15.9 Å². The van der Waals surface area contributed by atoms with Crippen molar-refractivity contribution in [3.8, 4) is 5.69 Å². The average molecular weight is 264 g/mol. The molecule has 0 atom stereocenters. The molecule has 0 bridgehead atoms. The Bertz CT molecular complexity index is 434. The summed E-state index contributed by atoms with van der Waals surface area (Å²) >= 11 is 3.45. The zero-order valence-corrected chi connectivity index (χ0v) is 10.6. The van der Waals surface area contributed by atoms with Crippen LogP contribution in [0, 0.1) is 13.8 Å². The van der Waals surface area contributed by atoms with E-state index in [2.05, 4.69) is 70.7 Å². The van der Waals surface area contributed by atoms with E-state index >= 15 is 0 Å². The van der Waals surface area contributed by atoms with Gasteiger partial charge in [-0.05, 0) is 43.7 Å². The zero-order valence-electron chi connectivity index (χ0n) is 9.00. The lowest BCUT2D eigenvalue weighted by atomic mass is 10.2. The Hall–Kier alpha value is -1.02. The minimum atomic E-state index is 0.914. The maximum Gasteiger partial charge on any atom is 0.0455 e. The van der Waals surface area contributed by atoms with E-state index in [1.54, 1.807) is 0 Å². The average Bonchev–Trinajstić information content (AvgIpc) is 2.59. The molecule has 0 unspecified atom stereocenters. The number of aryl methyl sites for hydroxylation is 2. The Labute approximate surface area is 98.9 Å². The second-order valence-corrected chi connectivity index (χ2v) is 4.31. The second-order valence-electron chi connectivity index (χ2n) is 3.75. The van der Waals surface area contributed by atoms with Gasteiger partial charge < -0.3 is 4.57 Å². The fourth-order valence-electron chi connectivity index (χ4n) is 1.81. The van der Waals surface area contributed by atoms with Crippen molar-refractivity contribution < 1.29 is 0 Å². The topological polar surface area (TPSA) is 4.93 Å². The number of rotatable bonds is 2. The summed E-state index contributed by atoms with van der Waals surface area (Å²) in [6.45, 7) is 4.26. The number of nitrogens with zero attached hydrogens (tertiary/aromatic N) is 1. The molecule has 0 N–H and O–H groups in total. The molecule has 2 aromatic rings. The van der Waals surface area contributed by atoms with Crippen molar-refractivity contribution in [2.24, 2.45) is 0 Å². The number of hydrogen-bond donors (Lipinski definition) is 0. The van der Waals surface area contributed by atoms with Gasteiger partial charge in [-0.3, -0.25) is 0 Å². The van der Waals surface area contributed by atoms with Crippen LogP contribution in [0.25, 0.3) is 5.69 Å². The van der Waals surface area contributed by atoms with Gasteiger partial charge in [-0.2, -0.15) is 0 Å². The first kappa shape index (κ1) is 10.5. The van der Waals surface area contributed by atoms with Gasteiger partial charge in [-0.1, -0.05) is 28.1 Å². The van der Waals surface area contributed by atoms with Crippen molar-refractivity contribution in [2.45, 2.75) is 19.2 Å². The minimum absolute atomic E-state index is 0.914. The fraction of sp³-hybridized carbons (Fsp3) is 0.231. The normalized spacial score (nSPS) is 10.6. The summed E-state index contributed by atoms with van der Waals surface area (Å²) < 4.78 is 2.26. The first-order valence-electron chi connectivity index (χ1n) is 5.02. The molecule has 0 radical (unpaired) electrons. The molecule has 1 nitrogen and oxygen atoms in total. The summed E-state index contributed by atoms with van der Waals surface area (Å²) in [6.07, 6.45) is 0. The van der Waals surface area contributed by atoms with Gasteiger partial charge in [0.05, 0.1) is 0 Å². The van der Waals surface area contributed by atoms with Crippen LogP contribution in [0.15, 0.2) is 36.4 Å². The summed E-state index contributed by atoms with van der Waals surface area (Å²) in [5.74, 6) is 0. The monoisotopic (exact) mass is 263 g/mol. The van der Waals surface area contributed by atoms with E-state index in [4.69, 9.17) is 0 Å². The maximum absolute atomic E-state index is 3.45. The van der Waals surface area contributed by atoms with Crippen LogP contribution in [0.5, 0.6) is 0 Å². The highest BCUT2D eigenvalue weighted by atomic mass is 79.9. The van der Waals surface area contributed by atoms with E-state index in [1.807, 2.05) is 0 Å². The van der Waals surface area contributed by atoms with Crippen LogP contribution < -0.4 is 0 Å². The molecule has 0 saturated heterocycles. The summed E-state index contributed by atoms with van der Waals surface area (Å²) in [6, 6.07) is 12.9. The van der Waals surface area contributed by atoms with Gasteiger partial charge in [-0.15, -0.1) is 0 Å². The predicted molar refractivity (Wildman–Crippen MR) is 67.9 cm³/mol. The number of alkyl halides is 1. The summed E-state index contributed by atoms with van der Waals surface area (Å²) in [4.78, 5) is 0. The number of halogens is 1. The molecule has 0 aliphatic heterocycles. The van der Waals surface area contributed by atoms with E-state index < -0.39 is 0 Å². The van der Waals surface area contributed by atoms with Gasteiger partial charge in [0.2, 0.25) is 0 Å². The molecule has 1 heterocycles. The lowest BCUT2D eigenvalue weighted by Crippen LogP contribution is -1.98. The Morgan fingerprint density at radius 3 is 1.93 bits per heavy atom. The Balaban J connectivity index is 2.45. The Morgan fingerprint density at radius 2 is 1.47 bits per heavy atom. The summed E-state index contributed by atoms with van der Waals surface area (Å²) in [7, 11) is 0. The summed E-state index contributed by atoms with van der Waals surface area (Å²) in [5, 5.41) is 0.914. The molecule has 0 spiro atoms. The van der Waals surface area contributed by atoms with Crippen molar-refractivity contribution in [3.05, 3.63) is 53.3 Å². The SMILES string of the molecule is Cc1ccc(C)n1-c1ccc(CBr)cc1. The fourth-order valence-corrected chi connectivity index (χ4v) is 2.18. The highest BCUT2D eigenvalue weighted by molar-refractivity contribution is 9.08. The van der Waals surface area contributed by atoms with Crippen LogP contribution >= 0.6 is 15.9 Å². The molecule has 0 saturated carbocycles. The molecule has 0 fully saturated rings. The van der Waals surface area contributed by atoms with Crippen LogP contribution in [0.2, 0.25) is 0 Å². The van der Waals surface area contributed by atoms with Gasteiger partial charge in [0.1, 0.15) is 0 Å². The number of benzene rings is 1. The van der Waals surface area contributed by atoms with Gasteiger partial charge in [0, 0.05) is 22.4 Å². The van der Waals surface area contributed by atoms with E-state index in [0.717, 1.165) is 5.33 Å². The highest BCUT2D eigenvalue weighted by Crippen LogP contribution is 2.17. The van der Waals surface area contributed by atoms with Gasteiger partial charge in [0.15, 0.2) is 0 Å². The van der Waals surface area contributed by atoms with E-state index in [1.165, 1.54) is 22.6 Å². The molecule has 1 aromatic carbocycles. The van der Waals surface area contributed by atoms with Crippen LogP contribution in [0.4, 0.5) is 0 Å². The molecule has 0 aliphatic rings. The molecule has 0 amide bonds. The Morgan fingerprint density at radius 1 is 0.933 bits per heavy atom. The van der Waals surface area contributed by atoms with Gasteiger partial charge >= 0.3 is 0 Å². The van der Waals surface area contributed by atoms with E-state index in [-0.39, 0.29) is 0 Å². The molecule has 78 valence electrons. The van der Waals surface area contributed by atoms with Crippen LogP contribution in [-0.2, 0) is 5.33 Å². The van der Waals surface area contributed by atoms with Crippen molar-refractivity contribution in [3.63, 3.8) is 0 Å². The first-order chi connectivity index (χ1) is 7.22. The quantitative estimate of drug-likeness (QED) is 0.723. The Kier molecular flexibility index (Phi) is 2.96. The van der Waals surface area contributed by atoms with Crippen molar-refractivity contribution in [1.29, 1.82) is 0 Å². The first-order valence-corrected chi connectivity index (χ1v) is 6.15. The van der Waals surface area contributed by atoms with Crippen LogP contribution in [-0.4, -0.2) is 4.57 Å². The third-order valence-electron chi connectivity index (χ3n) is 2.62. The smallest absolute Gasteiger partial charge is 0.0455 e. The van der Waals surface area contributed by atoms with Crippen molar-refractivity contribution in [1.82, 2.24) is 4.57 Å². The van der Waals surface area contributed by atoms with Crippen LogP contribution in [0.1, 0.15) is 17.0 Å². The predicted octanol–water partition coefficient (Wildman–Crippen LogP) is 3.99. The van der Waals surface area contributed by atoms with E-state index in [9.17, 15) is 0 Å². The third kappa shape index (κ3) is 2.00. The zero-order chi connectivity index (χ0) is 10.8. The molecule has 0 aliphatic carbocycles. The molecule has 1 aromatic heterocycles. The van der Waals surface area contributed by atoms with Gasteiger partial charge in [0.25, 0.3) is 0 Å². The van der Waals surface area contributed by atoms with Gasteiger partial charge in [-0.25, -0.2) is 0 Å². The molecule has 2 rings (SSSR count). The molecule has 15 heavy (non-hydrogen) atoms. The second kappa shape index (κ2) is 4.23. The maximum atomic E-state index is 3.45. The lowest BCUT2D eigenvalue weighted by Gasteiger charge is -2.09. The molecule has 2 heteroatoms. The number of hydrogen-bond acceptors (Lipinski definition) is 0. The standard InChI is InChI=1S/C13H14BrN/c1-10-3-4-11(2)15(10)13-7-5-12(9-14)6-8-13/h3-8H,9H2,1-2H3.